The number of thiocarbonyl (C=S) groups is 1. The van der Waals surface area contributed by atoms with Gasteiger partial charge < -0.3 is 10.6 Å². The average Bonchev–Trinajstić information content (AvgIpc) is 2.56. The Labute approximate surface area is 148 Å². The number of rotatable bonds is 7. The number of hydrogen-bond acceptors (Lipinski definition) is 3. The second-order valence-electron chi connectivity index (χ2n) is 5.19. The number of hydrogen-bond donors (Lipinski definition) is 4. The van der Waals surface area contributed by atoms with Crippen LogP contribution in [0.2, 0.25) is 0 Å². The van der Waals surface area contributed by atoms with Gasteiger partial charge in [-0.1, -0.05) is 50.1 Å². The molecule has 0 saturated carbocycles. The van der Waals surface area contributed by atoms with Crippen molar-refractivity contribution in [1.29, 1.82) is 0 Å². The summed E-state index contributed by atoms with van der Waals surface area (Å²) in [4.78, 5) is 23.5. The quantitative estimate of drug-likeness (QED) is 0.262. The summed E-state index contributed by atoms with van der Waals surface area (Å²) in [7, 11) is 0. The minimum Gasteiger partial charge on any atom is -0.361 e. The van der Waals surface area contributed by atoms with Gasteiger partial charge in [0.2, 0.25) is 5.91 Å². The van der Waals surface area contributed by atoms with Gasteiger partial charge in [-0.3, -0.25) is 20.4 Å². The standard InChI is InChI=1S/C17H24N4O2S/c1-3-4-8-11-18-17(24)21-20-16(23)15(19-13(2)22)12-14-9-6-5-7-10-14/h5-7,9-10,12H,3-4,8,11H2,1-2H3,(H,19,22)(H,20,23)(H2,18,21,24)/b15-12-. The molecule has 0 aliphatic heterocycles. The first-order chi connectivity index (χ1) is 11.5. The number of nitrogens with one attached hydrogen (secondary N) is 4. The van der Waals surface area contributed by atoms with Gasteiger partial charge in [0.05, 0.1) is 0 Å². The summed E-state index contributed by atoms with van der Waals surface area (Å²) in [5.41, 5.74) is 6.04. The summed E-state index contributed by atoms with van der Waals surface area (Å²) in [5, 5.41) is 5.85. The maximum atomic E-state index is 12.2. The highest BCUT2D eigenvalue weighted by molar-refractivity contribution is 7.80. The van der Waals surface area contributed by atoms with E-state index in [-0.39, 0.29) is 11.6 Å². The van der Waals surface area contributed by atoms with Crippen molar-refractivity contribution in [2.75, 3.05) is 6.54 Å². The van der Waals surface area contributed by atoms with Gasteiger partial charge in [-0.25, -0.2) is 0 Å². The van der Waals surface area contributed by atoms with Crippen LogP contribution in [0.3, 0.4) is 0 Å². The van der Waals surface area contributed by atoms with Crippen molar-refractivity contribution in [2.24, 2.45) is 0 Å². The second kappa shape index (κ2) is 11.2. The van der Waals surface area contributed by atoms with Crippen LogP contribution in [0.1, 0.15) is 38.7 Å². The topological polar surface area (TPSA) is 82.3 Å². The van der Waals surface area contributed by atoms with Gasteiger partial charge >= 0.3 is 0 Å². The van der Waals surface area contributed by atoms with Crippen LogP contribution in [-0.4, -0.2) is 23.5 Å². The number of benzene rings is 1. The van der Waals surface area contributed by atoms with E-state index in [4.69, 9.17) is 12.2 Å². The van der Waals surface area contributed by atoms with Crippen LogP contribution in [0.5, 0.6) is 0 Å². The predicted molar refractivity (Wildman–Crippen MR) is 99.6 cm³/mol. The van der Waals surface area contributed by atoms with Crippen LogP contribution in [0.25, 0.3) is 6.08 Å². The molecule has 7 heteroatoms. The maximum Gasteiger partial charge on any atom is 0.286 e. The summed E-state index contributed by atoms with van der Waals surface area (Å²) in [5.74, 6) is -0.806. The molecule has 130 valence electrons. The zero-order chi connectivity index (χ0) is 17.8. The first kappa shape index (κ1) is 19.6. The molecular weight excluding hydrogens is 324 g/mol. The van der Waals surface area contributed by atoms with Gasteiger partial charge in [0, 0.05) is 13.5 Å². The Balaban J connectivity index is 2.58. The van der Waals surface area contributed by atoms with Crippen LogP contribution >= 0.6 is 12.2 Å². The molecule has 0 aliphatic carbocycles. The molecule has 2 amide bonds. The molecule has 0 spiro atoms. The monoisotopic (exact) mass is 348 g/mol. The third-order valence-electron chi connectivity index (χ3n) is 3.02. The van der Waals surface area contributed by atoms with Crippen molar-refractivity contribution in [3.63, 3.8) is 0 Å². The summed E-state index contributed by atoms with van der Waals surface area (Å²) < 4.78 is 0. The normalized spacial score (nSPS) is 10.7. The molecule has 0 atom stereocenters. The van der Waals surface area contributed by atoms with Crippen molar-refractivity contribution in [3.8, 4) is 0 Å². The van der Waals surface area contributed by atoms with Gasteiger partial charge in [-0.2, -0.15) is 0 Å². The summed E-state index contributed by atoms with van der Waals surface area (Å²) in [6.45, 7) is 4.22. The lowest BCUT2D eigenvalue weighted by atomic mass is 10.2. The molecule has 0 fully saturated rings. The molecule has 1 rings (SSSR count). The lowest BCUT2D eigenvalue weighted by Gasteiger charge is -2.13. The van der Waals surface area contributed by atoms with Crippen molar-refractivity contribution in [2.45, 2.75) is 33.1 Å². The largest absolute Gasteiger partial charge is 0.361 e. The van der Waals surface area contributed by atoms with Crippen molar-refractivity contribution < 1.29 is 9.59 Å². The first-order valence-corrected chi connectivity index (χ1v) is 8.32. The van der Waals surface area contributed by atoms with Crippen LogP contribution in [0, 0.1) is 0 Å². The van der Waals surface area contributed by atoms with Crippen LogP contribution in [0.4, 0.5) is 0 Å². The van der Waals surface area contributed by atoms with Crippen LogP contribution < -0.4 is 21.5 Å². The smallest absolute Gasteiger partial charge is 0.286 e. The van der Waals surface area contributed by atoms with E-state index in [1.807, 2.05) is 30.3 Å². The fourth-order valence-corrected chi connectivity index (χ4v) is 2.02. The number of carbonyl (C=O) groups excluding carboxylic acids is 2. The molecule has 0 unspecified atom stereocenters. The first-order valence-electron chi connectivity index (χ1n) is 7.91. The Bertz CT molecular complexity index is 588. The number of unbranched alkanes of at least 4 members (excludes halogenated alkanes) is 2. The van der Waals surface area contributed by atoms with E-state index in [0.717, 1.165) is 31.4 Å². The molecular formula is C17H24N4O2S. The van der Waals surface area contributed by atoms with Crippen LogP contribution in [0.15, 0.2) is 36.0 Å². The van der Waals surface area contributed by atoms with E-state index in [1.54, 1.807) is 6.08 Å². The summed E-state index contributed by atoms with van der Waals surface area (Å²) in [6, 6.07) is 9.25. The molecule has 0 saturated heterocycles. The van der Waals surface area contributed by atoms with Crippen molar-refractivity contribution in [1.82, 2.24) is 21.5 Å². The Morgan fingerprint density at radius 3 is 2.46 bits per heavy atom. The zero-order valence-electron chi connectivity index (χ0n) is 14.0. The highest BCUT2D eigenvalue weighted by Crippen LogP contribution is 2.04. The molecule has 0 aliphatic rings. The lowest BCUT2D eigenvalue weighted by Crippen LogP contribution is -2.48. The molecule has 0 heterocycles. The average molecular weight is 348 g/mol. The van der Waals surface area contributed by atoms with Crippen molar-refractivity contribution in [3.05, 3.63) is 41.6 Å². The van der Waals surface area contributed by atoms with E-state index >= 15 is 0 Å². The second-order valence-corrected chi connectivity index (χ2v) is 5.60. The summed E-state index contributed by atoms with van der Waals surface area (Å²) >= 11 is 5.08. The molecule has 6 nitrogen and oxygen atoms in total. The minimum absolute atomic E-state index is 0.134. The Kier molecular flexibility index (Phi) is 9.14. The number of hydrazine groups is 1. The molecule has 1 aromatic rings. The Hall–Kier alpha value is -2.41. The fourth-order valence-electron chi connectivity index (χ4n) is 1.87. The van der Waals surface area contributed by atoms with E-state index in [1.165, 1.54) is 6.92 Å². The maximum absolute atomic E-state index is 12.2. The number of carbonyl (C=O) groups is 2. The van der Waals surface area contributed by atoms with Gasteiger partial charge in [0.1, 0.15) is 5.70 Å². The van der Waals surface area contributed by atoms with Gasteiger partial charge in [-0.15, -0.1) is 0 Å². The van der Waals surface area contributed by atoms with Gasteiger partial charge in [0.25, 0.3) is 5.91 Å². The number of amides is 2. The molecule has 4 N–H and O–H groups in total. The van der Waals surface area contributed by atoms with E-state index in [9.17, 15) is 9.59 Å². The van der Waals surface area contributed by atoms with E-state index in [0.29, 0.717) is 5.11 Å². The van der Waals surface area contributed by atoms with Crippen LogP contribution in [-0.2, 0) is 9.59 Å². The third kappa shape index (κ3) is 8.28. The predicted octanol–water partition coefficient (Wildman–Crippen LogP) is 1.85. The molecule has 0 aromatic heterocycles. The van der Waals surface area contributed by atoms with E-state index < -0.39 is 5.91 Å². The Morgan fingerprint density at radius 2 is 1.83 bits per heavy atom. The zero-order valence-corrected chi connectivity index (χ0v) is 14.8. The third-order valence-corrected chi connectivity index (χ3v) is 3.27. The molecule has 0 bridgehead atoms. The lowest BCUT2D eigenvalue weighted by molar-refractivity contribution is -0.122. The highest BCUT2D eigenvalue weighted by atomic mass is 32.1. The van der Waals surface area contributed by atoms with Crippen molar-refractivity contribution >= 4 is 35.2 Å². The van der Waals surface area contributed by atoms with Gasteiger partial charge in [-0.05, 0) is 30.3 Å². The molecule has 1 aromatic carbocycles. The molecule has 0 radical (unpaired) electrons. The summed E-state index contributed by atoms with van der Waals surface area (Å²) in [6.07, 6.45) is 4.85. The minimum atomic E-state index is -0.480. The fraction of sp³-hybridized carbons (Fsp3) is 0.353. The highest BCUT2D eigenvalue weighted by Gasteiger charge is 2.11. The molecule has 24 heavy (non-hydrogen) atoms. The Morgan fingerprint density at radius 1 is 1.12 bits per heavy atom. The SMILES string of the molecule is CCCCCNC(=S)NNC(=O)/C(=C/c1ccccc1)NC(C)=O. The van der Waals surface area contributed by atoms with Gasteiger partial charge in [0.15, 0.2) is 5.11 Å². The van der Waals surface area contributed by atoms with E-state index in [2.05, 4.69) is 28.4 Å².